The Labute approximate surface area is 134 Å². The van der Waals surface area contributed by atoms with Crippen LogP contribution in [0.4, 0.5) is 0 Å². The maximum absolute atomic E-state index is 6.04. The molecule has 0 atom stereocenters. The van der Waals surface area contributed by atoms with Crippen LogP contribution in [-0.4, -0.2) is 39.7 Å². The van der Waals surface area contributed by atoms with Crippen LogP contribution >= 0.6 is 11.6 Å². The summed E-state index contributed by atoms with van der Waals surface area (Å²) in [6, 6.07) is 3.59. The summed E-state index contributed by atoms with van der Waals surface area (Å²) in [5.41, 5.74) is 0. The molecule has 0 saturated carbocycles. The van der Waals surface area contributed by atoms with Gasteiger partial charge in [-0.05, 0) is 50.9 Å². The van der Waals surface area contributed by atoms with E-state index in [0.29, 0.717) is 35.1 Å². The predicted molar refractivity (Wildman–Crippen MR) is 81.8 cm³/mol. The molecule has 0 bridgehead atoms. The SMILES string of the molecule is Cc1noc(CN2CCC(COc3ncccc3Cl)CC2)n1. The molecule has 7 heteroatoms. The topological polar surface area (TPSA) is 64.3 Å². The van der Waals surface area contributed by atoms with Gasteiger partial charge in [0.25, 0.3) is 0 Å². The second-order valence-corrected chi connectivity index (χ2v) is 5.96. The lowest BCUT2D eigenvalue weighted by Crippen LogP contribution is -2.35. The maximum atomic E-state index is 6.04. The minimum atomic E-state index is 0.521. The number of piperidine rings is 1. The summed E-state index contributed by atoms with van der Waals surface area (Å²) in [6.45, 7) is 5.22. The molecule has 0 aliphatic carbocycles. The highest BCUT2D eigenvalue weighted by atomic mass is 35.5. The molecule has 6 nitrogen and oxygen atoms in total. The molecular formula is C15H19ClN4O2. The van der Waals surface area contributed by atoms with Crippen molar-refractivity contribution in [2.24, 2.45) is 5.92 Å². The van der Waals surface area contributed by atoms with Crippen molar-refractivity contribution in [2.45, 2.75) is 26.3 Å². The van der Waals surface area contributed by atoms with Crippen LogP contribution in [0, 0.1) is 12.8 Å². The first-order chi connectivity index (χ1) is 10.7. The molecule has 2 aromatic heterocycles. The van der Waals surface area contributed by atoms with Gasteiger partial charge in [-0.15, -0.1) is 0 Å². The lowest BCUT2D eigenvalue weighted by molar-refractivity contribution is 0.125. The van der Waals surface area contributed by atoms with Crippen molar-refractivity contribution in [3.8, 4) is 5.88 Å². The fourth-order valence-electron chi connectivity index (χ4n) is 2.58. The van der Waals surface area contributed by atoms with E-state index in [-0.39, 0.29) is 0 Å². The molecule has 3 heterocycles. The summed E-state index contributed by atoms with van der Waals surface area (Å²) in [6.07, 6.45) is 3.85. The van der Waals surface area contributed by atoms with Crippen molar-refractivity contribution in [1.29, 1.82) is 0 Å². The van der Waals surface area contributed by atoms with Crippen LogP contribution in [0.15, 0.2) is 22.9 Å². The molecular weight excluding hydrogens is 304 g/mol. The molecule has 0 N–H and O–H groups in total. The third-order valence-electron chi connectivity index (χ3n) is 3.82. The molecule has 1 aliphatic heterocycles. The standard InChI is InChI=1S/C15H19ClN4O2/c1-11-18-14(22-19-11)9-20-7-4-12(5-8-20)10-21-15-13(16)3-2-6-17-15/h2-3,6,12H,4-5,7-10H2,1H3. The molecule has 0 amide bonds. The second-order valence-electron chi connectivity index (χ2n) is 5.56. The van der Waals surface area contributed by atoms with Gasteiger partial charge in [0.1, 0.15) is 5.02 Å². The van der Waals surface area contributed by atoms with E-state index >= 15 is 0 Å². The maximum Gasteiger partial charge on any atom is 0.240 e. The number of ether oxygens (including phenoxy) is 1. The van der Waals surface area contributed by atoms with Crippen molar-refractivity contribution in [1.82, 2.24) is 20.0 Å². The van der Waals surface area contributed by atoms with Gasteiger partial charge in [-0.2, -0.15) is 4.98 Å². The van der Waals surface area contributed by atoms with E-state index < -0.39 is 0 Å². The molecule has 118 valence electrons. The zero-order valence-electron chi connectivity index (χ0n) is 12.5. The Morgan fingerprint density at radius 1 is 1.41 bits per heavy atom. The number of rotatable bonds is 5. The Kier molecular flexibility index (Phi) is 4.90. The van der Waals surface area contributed by atoms with E-state index in [1.165, 1.54) is 0 Å². The first-order valence-corrected chi connectivity index (χ1v) is 7.83. The molecule has 0 aromatic carbocycles. The summed E-state index contributed by atoms with van der Waals surface area (Å²) in [7, 11) is 0. The number of likely N-dealkylation sites (tertiary alicyclic amines) is 1. The van der Waals surface area contributed by atoms with Crippen LogP contribution in [0.25, 0.3) is 0 Å². The highest BCUT2D eigenvalue weighted by Crippen LogP contribution is 2.23. The van der Waals surface area contributed by atoms with Crippen LogP contribution in [0.3, 0.4) is 0 Å². The van der Waals surface area contributed by atoms with Gasteiger partial charge >= 0.3 is 0 Å². The van der Waals surface area contributed by atoms with E-state index in [0.717, 1.165) is 32.5 Å². The van der Waals surface area contributed by atoms with Crippen LogP contribution in [-0.2, 0) is 6.54 Å². The average Bonchev–Trinajstić information content (AvgIpc) is 2.93. The van der Waals surface area contributed by atoms with Gasteiger partial charge in [0, 0.05) is 6.20 Å². The monoisotopic (exact) mass is 322 g/mol. The Hall–Kier alpha value is -1.66. The lowest BCUT2D eigenvalue weighted by Gasteiger charge is -2.30. The number of nitrogens with zero attached hydrogens (tertiary/aromatic N) is 4. The minimum Gasteiger partial charge on any atom is -0.476 e. The zero-order chi connectivity index (χ0) is 15.4. The number of hydrogen-bond donors (Lipinski definition) is 0. The Balaban J connectivity index is 1.43. The average molecular weight is 323 g/mol. The van der Waals surface area contributed by atoms with Crippen molar-refractivity contribution in [2.75, 3.05) is 19.7 Å². The highest BCUT2D eigenvalue weighted by Gasteiger charge is 2.21. The van der Waals surface area contributed by atoms with E-state index in [2.05, 4.69) is 20.0 Å². The molecule has 1 saturated heterocycles. The number of aryl methyl sites for hydroxylation is 1. The quantitative estimate of drug-likeness (QED) is 0.843. The van der Waals surface area contributed by atoms with E-state index in [1.807, 2.05) is 6.92 Å². The molecule has 0 radical (unpaired) electrons. The fraction of sp³-hybridized carbons (Fsp3) is 0.533. The first kappa shape index (κ1) is 15.2. The van der Waals surface area contributed by atoms with E-state index in [1.54, 1.807) is 18.3 Å². The molecule has 22 heavy (non-hydrogen) atoms. The van der Waals surface area contributed by atoms with E-state index in [4.69, 9.17) is 20.9 Å². The fourth-order valence-corrected chi connectivity index (χ4v) is 2.76. The van der Waals surface area contributed by atoms with Gasteiger partial charge in [-0.3, -0.25) is 4.90 Å². The molecule has 2 aromatic rings. The summed E-state index contributed by atoms with van der Waals surface area (Å²) < 4.78 is 10.9. The van der Waals surface area contributed by atoms with Gasteiger partial charge in [-0.25, -0.2) is 4.98 Å². The van der Waals surface area contributed by atoms with E-state index in [9.17, 15) is 0 Å². The minimum absolute atomic E-state index is 0.521. The lowest BCUT2D eigenvalue weighted by atomic mass is 9.98. The summed E-state index contributed by atoms with van der Waals surface area (Å²) in [5.74, 6) is 2.42. The predicted octanol–water partition coefficient (Wildman–Crippen LogP) is 2.72. The van der Waals surface area contributed by atoms with Gasteiger partial charge in [0.15, 0.2) is 5.82 Å². The van der Waals surface area contributed by atoms with Crippen LogP contribution in [0.2, 0.25) is 5.02 Å². The summed E-state index contributed by atoms with van der Waals surface area (Å²) >= 11 is 6.04. The zero-order valence-corrected chi connectivity index (χ0v) is 13.3. The summed E-state index contributed by atoms with van der Waals surface area (Å²) in [4.78, 5) is 10.7. The molecule has 0 unspecified atom stereocenters. The Bertz CT molecular complexity index is 611. The number of aromatic nitrogens is 3. The normalized spacial score (nSPS) is 16.8. The Morgan fingerprint density at radius 3 is 2.91 bits per heavy atom. The van der Waals surface area contributed by atoms with Crippen LogP contribution in [0.5, 0.6) is 5.88 Å². The van der Waals surface area contributed by atoms with Crippen molar-refractivity contribution in [3.63, 3.8) is 0 Å². The van der Waals surface area contributed by atoms with Gasteiger partial charge in [0.05, 0.1) is 13.2 Å². The third-order valence-corrected chi connectivity index (χ3v) is 4.10. The third kappa shape index (κ3) is 3.96. The smallest absolute Gasteiger partial charge is 0.240 e. The largest absolute Gasteiger partial charge is 0.476 e. The van der Waals surface area contributed by atoms with Crippen molar-refractivity contribution < 1.29 is 9.26 Å². The van der Waals surface area contributed by atoms with Crippen molar-refractivity contribution in [3.05, 3.63) is 35.1 Å². The number of pyridine rings is 1. The first-order valence-electron chi connectivity index (χ1n) is 7.45. The van der Waals surface area contributed by atoms with Gasteiger partial charge < -0.3 is 9.26 Å². The number of hydrogen-bond acceptors (Lipinski definition) is 6. The molecule has 1 aliphatic rings. The van der Waals surface area contributed by atoms with Crippen LogP contribution < -0.4 is 4.74 Å². The molecule has 0 spiro atoms. The second kappa shape index (κ2) is 7.07. The number of halogens is 1. The highest BCUT2D eigenvalue weighted by molar-refractivity contribution is 6.31. The van der Waals surface area contributed by atoms with Gasteiger partial charge in [-0.1, -0.05) is 16.8 Å². The Morgan fingerprint density at radius 2 is 2.23 bits per heavy atom. The van der Waals surface area contributed by atoms with Crippen LogP contribution in [0.1, 0.15) is 24.6 Å². The molecule has 3 rings (SSSR count). The molecule has 1 fully saturated rings. The van der Waals surface area contributed by atoms with Crippen molar-refractivity contribution >= 4 is 11.6 Å². The van der Waals surface area contributed by atoms with Gasteiger partial charge in [0.2, 0.25) is 11.8 Å². The summed E-state index contributed by atoms with van der Waals surface area (Å²) in [5, 5.41) is 4.38.